The van der Waals surface area contributed by atoms with Gasteiger partial charge >= 0.3 is 5.97 Å². The Morgan fingerprint density at radius 1 is 1.21 bits per heavy atom. The molecule has 5 nitrogen and oxygen atoms in total. The molecule has 0 spiro atoms. The van der Waals surface area contributed by atoms with Gasteiger partial charge in [0, 0.05) is 43.8 Å². The van der Waals surface area contributed by atoms with Gasteiger partial charge in [-0.3, -0.25) is 9.59 Å². The summed E-state index contributed by atoms with van der Waals surface area (Å²) in [4.78, 5) is 24.9. The van der Waals surface area contributed by atoms with E-state index in [0.29, 0.717) is 6.54 Å². The molecule has 1 aliphatic heterocycles. The number of ether oxygens (including phenoxy) is 1. The number of anilines is 1. The van der Waals surface area contributed by atoms with Crippen LogP contribution in [0.4, 0.5) is 5.69 Å². The number of nitrogens with zero attached hydrogens (tertiary/aromatic N) is 2. The van der Waals surface area contributed by atoms with E-state index in [2.05, 4.69) is 52.0 Å². The zero-order valence-corrected chi connectivity index (χ0v) is 17.0. The van der Waals surface area contributed by atoms with E-state index in [4.69, 9.17) is 4.74 Å². The van der Waals surface area contributed by atoms with E-state index in [1.165, 1.54) is 6.92 Å². The molecule has 1 unspecified atom stereocenters. The maximum atomic E-state index is 11.8. The summed E-state index contributed by atoms with van der Waals surface area (Å²) in [5.41, 5.74) is 3.40. The van der Waals surface area contributed by atoms with Gasteiger partial charge in [-0.25, -0.2) is 4.57 Å². The van der Waals surface area contributed by atoms with Crippen molar-refractivity contribution in [3.63, 3.8) is 0 Å². The fraction of sp³-hybridized carbons (Fsp3) is 0.318. The molecule has 0 saturated carbocycles. The summed E-state index contributed by atoms with van der Waals surface area (Å²) in [6.45, 7) is 2.99. The van der Waals surface area contributed by atoms with Crippen molar-refractivity contribution >= 4 is 40.7 Å². The second-order valence-electron chi connectivity index (χ2n) is 6.79. The molecule has 1 saturated heterocycles. The first kappa shape index (κ1) is 20.1. The molecular formula is C22H25N2O3S+. The van der Waals surface area contributed by atoms with Crippen molar-refractivity contribution in [3.05, 3.63) is 59.9 Å². The lowest BCUT2D eigenvalue weighted by atomic mass is 10.1. The summed E-state index contributed by atoms with van der Waals surface area (Å²) < 4.78 is 7.54. The van der Waals surface area contributed by atoms with Crippen LogP contribution >= 0.6 is 11.8 Å². The Kier molecular flexibility index (Phi) is 6.87. The highest BCUT2D eigenvalue weighted by atomic mass is 32.2. The molecule has 2 heterocycles. The molecule has 0 bridgehead atoms. The van der Waals surface area contributed by atoms with Crippen LogP contribution in [-0.2, 0) is 21.4 Å². The average molecular weight is 398 g/mol. The molecule has 1 aromatic heterocycles. The van der Waals surface area contributed by atoms with Crippen LogP contribution in [0.2, 0.25) is 0 Å². The van der Waals surface area contributed by atoms with Gasteiger partial charge in [0.15, 0.2) is 11.3 Å². The van der Waals surface area contributed by atoms with Gasteiger partial charge in [-0.1, -0.05) is 23.9 Å². The van der Waals surface area contributed by atoms with Crippen molar-refractivity contribution < 1.29 is 18.9 Å². The molecule has 1 atom stereocenters. The lowest BCUT2D eigenvalue weighted by molar-refractivity contribution is -0.673. The molecule has 1 aromatic carbocycles. The Morgan fingerprint density at radius 2 is 2.00 bits per heavy atom. The fourth-order valence-electron chi connectivity index (χ4n) is 3.13. The summed E-state index contributed by atoms with van der Waals surface area (Å²) in [6.07, 6.45) is 6.92. The molecule has 146 valence electrons. The largest absolute Gasteiger partial charge is 0.460 e. The van der Waals surface area contributed by atoms with Gasteiger partial charge < -0.3 is 9.64 Å². The molecular weight excluding hydrogens is 372 g/mol. The van der Waals surface area contributed by atoms with Crippen molar-refractivity contribution in [1.29, 1.82) is 0 Å². The van der Waals surface area contributed by atoms with E-state index >= 15 is 0 Å². The highest BCUT2D eigenvalue weighted by molar-refractivity contribution is 8.14. The molecule has 0 aliphatic carbocycles. The topological polar surface area (TPSA) is 50.5 Å². The van der Waals surface area contributed by atoms with Crippen LogP contribution in [0.5, 0.6) is 0 Å². The second kappa shape index (κ2) is 9.55. The first-order chi connectivity index (χ1) is 13.5. The molecule has 0 amide bonds. The predicted molar refractivity (Wildman–Crippen MR) is 113 cm³/mol. The summed E-state index contributed by atoms with van der Waals surface area (Å²) in [7, 11) is 2.03. The van der Waals surface area contributed by atoms with E-state index < -0.39 is 0 Å². The highest BCUT2D eigenvalue weighted by Gasteiger charge is 2.25. The Labute approximate surface area is 170 Å². The van der Waals surface area contributed by atoms with Gasteiger partial charge in [-0.05, 0) is 29.8 Å². The maximum Gasteiger partial charge on any atom is 0.316 e. The van der Waals surface area contributed by atoms with Gasteiger partial charge in [0.25, 0.3) is 0 Å². The van der Waals surface area contributed by atoms with Crippen molar-refractivity contribution in [1.82, 2.24) is 0 Å². The van der Waals surface area contributed by atoms with Crippen molar-refractivity contribution in [3.8, 4) is 0 Å². The minimum atomic E-state index is -0.318. The number of pyridine rings is 1. The summed E-state index contributed by atoms with van der Waals surface area (Å²) >= 11 is 0.990. The Morgan fingerprint density at radius 3 is 2.71 bits per heavy atom. The third kappa shape index (κ3) is 5.70. The molecule has 0 radical (unpaired) electrons. The van der Waals surface area contributed by atoms with Crippen LogP contribution in [0.25, 0.3) is 12.2 Å². The average Bonchev–Trinajstić information content (AvgIpc) is 3.14. The zero-order valence-electron chi connectivity index (χ0n) is 16.2. The van der Waals surface area contributed by atoms with E-state index in [1.807, 2.05) is 25.4 Å². The quantitative estimate of drug-likeness (QED) is 0.554. The van der Waals surface area contributed by atoms with Crippen LogP contribution in [-0.4, -0.2) is 36.0 Å². The van der Waals surface area contributed by atoms with Crippen LogP contribution in [0.3, 0.4) is 0 Å². The van der Waals surface area contributed by atoms with E-state index in [-0.39, 0.29) is 22.9 Å². The predicted octanol–water partition coefficient (Wildman–Crippen LogP) is 3.08. The number of aryl methyl sites for hydroxylation is 1. The summed E-state index contributed by atoms with van der Waals surface area (Å²) in [5.74, 6) is -0.229. The van der Waals surface area contributed by atoms with Crippen LogP contribution in [0.1, 0.15) is 24.6 Å². The first-order valence-electron chi connectivity index (χ1n) is 9.32. The van der Waals surface area contributed by atoms with Crippen LogP contribution in [0, 0.1) is 0 Å². The van der Waals surface area contributed by atoms with Crippen LogP contribution < -0.4 is 9.47 Å². The third-order valence-electron chi connectivity index (χ3n) is 4.64. The van der Waals surface area contributed by atoms with E-state index in [0.717, 1.165) is 41.7 Å². The zero-order chi connectivity index (χ0) is 19.9. The standard InChI is InChI=1S/C22H25N2O3S/c1-17(25)28-16-22(26)27-21-12-14-24(15-21)20-10-7-18(8-11-20)6-9-19-5-3-4-13-23(19)2/h3-11,13,21H,12,14-16H2,1-2H3/q+1. The van der Waals surface area contributed by atoms with E-state index in [1.54, 1.807) is 0 Å². The van der Waals surface area contributed by atoms with Crippen LogP contribution in [0.15, 0.2) is 48.7 Å². The number of carbonyl (C=O) groups excluding carboxylic acids is 2. The lowest BCUT2D eigenvalue weighted by Gasteiger charge is -2.18. The number of aromatic nitrogens is 1. The minimum Gasteiger partial charge on any atom is -0.460 e. The minimum absolute atomic E-state index is 0.0693. The number of benzene rings is 1. The van der Waals surface area contributed by atoms with Gasteiger partial charge in [0.2, 0.25) is 5.69 Å². The number of esters is 1. The fourth-order valence-corrected chi connectivity index (χ4v) is 3.52. The van der Waals surface area contributed by atoms with Crippen molar-refractivity contribution in [2.24, 2.45) is 7.05 Å². The van der Waals surface area contributed by atoms with E-state index in [9.17, 15) is 9.59 Å². The first-order valence-corrected chi connectivity index (χ1v) is 10.3. The number of thioether (sulfide) groups is 1. The SMILES string of the molecule is CC(=O)SCC(=O)OC1CCN(c2ccc(/C=C/c3cccc[n+]3C)cc2)C1. The Bertz CT molecular complexity index is 864. The monoisotopic (exact) mass is 397 g/mol. The van der Waals surface area contributed by atoms with Crippen molar-refractivity contribution in [2.75, 3.05) is 23.7 Å². The molecule has 3 rings (SSSR count). The number of hydrogen-bond acceptors (Lipinski definition) is 5. The van der Waals surface area contributed by atoms with Crippen molar-refractivity contribution in [2.45, 2.75) is 19.4 Å². The number of carbonyl (C=O) groups is 2. The molecule has 6 heteroatoms. The third-order valence-corrected chi connectivity index (χ3v) is 5.42. The molecule has 1 fully saturated rings. The van der Waals surface area contributed by atoms with Gasteiger partial charge in [-0.15, -0.1) is 0 Å². The molecule has 2 aromatic rings. The lowest BCUT2D eigenvalue weighted by Crippen LogP contribution is -2.30. The molecule has 0 N–H and O–H groups in total. The Hall–Kier alpha value is -2.60. The van der Waals surface area contributed by atoms with Gasteiger partial charge in [-0.2, -0.15) is 0 Å². The highest BCUT2D eigenvalue weighted by Crippen LogP contribution is 2.23. The normalized spacial score (nSPS) is 16.5. The summed E-state index contributed by atoms with van der Waals surface area (Å²) in [5, 5.41) is -0.0693. The number of rotatable bonds is 6. The van der Waals surface area contributed by atoms with Gasteiger partial charge in [0.1, 0.15) is 13.2 Å². The summed E-state index contributed by atoms with van der Waals surface area (Å²) in [6, 6.07) is 14.5. The van der Waals surface area contributed by atoms with Gasteiger partial charge in [0.05, 0.1) is 12.3 Å². The smallest absolute Gasteiger partial charge is 0.316 e. The molecule has 28 heavy (non-hydrogen) atoms. The number of hydrogen-bond donors (Lipinski definition) is 0. The Balaban J connectivity index is 1.53. The molecule has 1 aliphatic rings. The maximum absolute atomic E-state index is 11.8. The second-order valence-corrected chi connectivity index (χ2v) is 7.94.